The topological polar surface area (TPSA) is 101 Å². The molecule has 0 aliphatic carbocycles. The number of nitro benzene ring substituents is 1. The van der Waals surface area contributed by atoms with Crippen LogP contribution >= 0.6 is 23.2 Å². The molecule has 0 spiro atoms. The summed E-state index contributed by atoms with van der Waals surface area (Å²) in [7, 11) is 0. The average Bonchev–Trinajstić information content (AvgIpc) is 2.50. The molecule has 0 amide bonds. The monoisotopic (exact) mass is 353 g/mol. The number of ketones is 1. The maximum atomic E-state index is 12.0. The summed E-state index contributed by atoms with van der Waals surface area (Å²) in [6, 6.07) is 6.28. The second-order valence-corrected chi connectivity index (χ2v) is 5.31. The molecule has 8 heteroatoms. The number of aromatic hydroxyl groups is 2. The maximum Gasteiger partial charge on any atom is 0.288 e. The summed E-state index contributed by atoms with van der Waals surface area (Å²) in [5.41, 5.74) is 0.102. The Morgan fingerprint density at radius 2 is 1.83 bits per heavy atom. The predicted octanol–water partition coefficient (Wildman–Crippen LogP) is 4.21. The van der Waals surface area contributed by atoms with Gasteiger partial charge in [-0.05, 0) is 35.9 Å². The molecule has 0 aliphatic heterocycles. The minimum absolute atomic E-state index is 0.0641. The molecular formula is C15H9Cl2NO5. The molecule has 0 saturated heterocycles. The average molecular weight is 354 g/mol. The Morgan fingerprint density at radius 3 is 2.43 bits per heavy atom. The highest BCUT2D eigenvalue weighted by Crippen LogP contribution is 2.34. The first-order valence-electron chi connectivity index (χ1n) is 6.17. The van der Waals surface area contributed by atoms with Crippen LogP contribution in [0, 0.1) is 10.1 Å². The number of rotatable bonds is 4. The molecule has 6 nitrogen and oxygen atoms in total. The standard InChI is InChI=1S/C15H9Cl2NO5/c16-10-3-2-9(7-12(10)18(22)23)13(19)4-1-8-5-11(17)15(21)14(20)6-8/h1-7,20-21H/b4-1+. The molecule has 0 fully saturated rings. The molecule has 2 N–H and O–H groups in total. The van der Waals surface area contributed by atoms with Crippen molar-refractivity contribution in [1.29, 1.82) is 0 Å². The van der Waals surface area contributed by atoms with E-state index in [9.17, 15) is 25.1 Å². The van der Waals surface area contributed by atoms with E-state index in [1.54, 1.807) is 0 Å². The normalized spacial score (nSPS) is 10.9. The van der Waals surface area contributed by atoms with Crippen LogP contribution in [0.2, 0.25) is 10.0 Å². The molecule has 0 heterocycles. The third kappa shape index (κ3) is 3.80. The Hall–Kier alpha value is -2.57. The number of nitro groups is 1. The van der Waals surface area contributed by atoms with E-state index < -0.39 is 22.2 Å². The van der Waals surface area contributed by atoms with Crippen LogP contribution in [0.4, 0.5) is 5.69 Å². The van der Waals surface area contributed by atoms with Crippen LogP contribution in [-0.4, -0.2) is 20.9 Å². The first-order chi connectivity index (χ1) is 10.8. The van der Waals surface area contributed by atoms with Gasteiger partial charge >= 0.3 is 0 Å². The van der Waals surface area contributed by atoms with Crippen LogP contribution in [0.15, 0.2) is 36.4 Å². The third-order valence-corrected chi connectivity index (χ3v) is 3.53. The molecule has 0 radical (unpaired) electrons. The quantitative estimate of drug-likeness (QED) is 0.282. The van der Waals surface area contributed by atoms with Gasteiger partial charge in [-0.2, -0.15) is 0 Å². The molecule has 0 aliphatic rings. The van der Waals surface area contributed by atoms with Crippen LogP contribution < -0.4 is 0 Å². The van der Waals surface area contributed by atoms with Gasteiger partial charge in [0.1, 0.15) is 5.02 Å². The van der Waals surface area contributed by atoms with Gasteiger partial charge in [-0.1, -0.05) is 29.3 Å². The molecule has 118 valence electrons. The van der Waals surface area contributed by atoms with E-state index in [0.29, 0.717) is 5.56 Å². The van der Waals surface area contributed by atoms with Crippen molar-refractivity contribution in [1.82, 2.24) is 0 Å². The number of nitrogens with zero attached hydrogens (tertiary/aromatic N) is 1. The molecule has 0 unspecified atom stereocenters. The van der Waals surface area contributed by atoms with Gasteiger partial charge in [0.05, 0.1) is 9.95 Å². The van der Waals surface area contributed by atoms with E-state index in [1.165, 1.54) is 30.3 Å². The second kappa shape index (κ2) is 6.68. The maximum absolute atomic E-state index is 12.0. The van der Waals surface area contributed by atoms with Crippen molar-refractivity contribution in [3.05, 3.63) is 67.7 Å². The van der Waals surface area contributed by atoms with Gasteiger partial charge in [0.2, 0.25) is 0 Å². The van der Waals surface area contributed by atoms with Gasteiger partial charge in [0.25, 0.3) is 5.69 Å². The zero-order valence-corrected chi connectivity index (χ0v) is 12.9. The van der Waals surface area contributed by atoms with Crippen LogP contribution in [-0.2, 0) is 0 Å². The lowest BCUT2D eigenvalue weighted by molar-refractivity contribution is -0.384. The Bertz CT molecular complexity index is 810. The van der Waals surface area contributed by atoms with Crippen molar-refractivity contribution in [2.45, 2.75) is 0 Å². The summed E-state index contributed by atoms with van der Waals surface area (Å²) in [5.74, 6) is -1.37. The van der Waals surface area contributed by atoms with E-state index in [0.717, 1.165) is 12.1 Å². The number of phenols is 2. The van der Waals surface area contributed by atoms with Crippen molar-refractivity contribution >= 4 is 40.7 Å². The molecule has 23 heavy (non-hydrogen) atoms. The Kier molecular flexibility index (Phi) is 4.88. The lowest BCUT2D eigenvalue weighted by atomic mass is 10.1. The fourth-order valence-corrected chi connectivity index (χ4v) is 2.18. The van der Waals surface area contributed by atoms with Crippen molar-refractivity contribution in [3.63, 3.8) is 0 Å². The summed E-state index contributed by atoms with van der Waals surface area (Å²) < 4.78 is 0. The zero-order chi connectivity index (χ0) is 17.1. The molecule has 2 rings (SSSR count). The summed E-state index contributed by atoms with van der Waals surface area (Å²) in [4.78, 5) is 22.2. The van der Waals surface area contributed by atoms with E-state index >= 15 is 0 Å². The van der Waals surface area contributed by atoms with Crippen LogP contribution in [0.1, 0.15) is 15.9 Å². The Morgan fingerprint density at radius 1 is 1.13 bits per heavy atom. The van der Waals surface area contributed by atoms with Gasteiger partial charge in [0.15, 0.2) is 17.3 Å². The van der Waals surface area contributed by atoms with E-state index in [4.69, 9.17) is 23.2 Å². The molecular weight excluding hydrogens is 345 g/mol. The zero-order valence-electron chi connectivity index (χ0n) is 11.4. The summed E-state index contributed by atoms with van der Waals surface area (Å²) in [5, 5.41) is 29.5. The minimum Gasteiger partial charge on any atom is -0.504 e. The molecule has 2 aromatic rings. The van der Waals surface area contributed by atoms with Gasteiger partial charge in [-0.15, -0.1) is 0 Å². The lowest BCUT2D eigenvalue weighted by Crippen LogP contribution is -1.97. The SMILES string of the molecule is O=C(/C=C/c1cc(O)c(O)c(Cl)c1)c1ccc(Cl)c([N+](=O)[O-])c1. The molecule has 0 bridgehead atoms. The highest BCUT2D eigenvalue weighted by atomic mass is 35.5. The van der Waals surface area contributed by atoms with Crippen molar-refractivity contribution in [2.24, 2.45) is 0 Å². The first kappa shape index (κ1) is 16.8. The van der Waals surface area contributed by atoms with Gasteiger partial charge in [0, 0.05) is 11.6 Å². The van der Waals surface area contributed by atoms with Crippen molar-refractivity contribution in [2.75, 3.05) is 0 Å². The number of halogens is 2. The molecule has 0 saturated carbocycles. The number of phenolic OH excluding ortho intramolecular Hbond substituents is 2. The summed E-state index contributed by atoms with van der Waals surface area (Å²) in [6.07, 6.45) is 2.52. The highest BCUT2D eigenvalue weighted by molar-refractivity contribution is 6.33. The number of carbonyl (C=O) groups is 1. The van der Waals surface area contributed by atoms with Crippen LogP contribution in [0.25, 0.3) is 6.08 Å². The lowest BCUT2D eigenvalue weighted by Gasteiger charge is -2.02. The van der Waals surface area contributed by atoms with Gasteiger partial charge in [-0.25, -0.2) is 0 Å². The number of hydrogen-bond acceptors (Lipinski definition) is 5. The summed E-state index contributed by atoms with van der Waals surface area (Å²) >= 11 is 11.4. The largest absolute Gasteiger partial charge is 0.504 e. The van der Waals surface area contributed by atoms with Crippen LogP contribution in [0.3, 0.4) is 0 Å². The predicted molar refractivity (Wildman–Crippen MR) is 86.3 cm³/mol. The minimum atomic E-state index is -0.680. The number of carbonyl (C=O) groups excluding carboxylic acids is 1. The van der Waals surface area contributed by atoms with E-state index in [-0.39, 0.29) is 21.3 Å². The smallest absolute Gasteiger partial charge is 0.288 e. The van der Waals surface area contributed by atoms with Crippen LogP contribution in [0.5, 0.6) is 11.5 Å². The number of benzene rings is 2. The van der Waals surface area contributed by atoms with Crippen molar-refractivity contribution < 1.29 is 19.9 Å². The van der Waals surface area contributed by atoms with E-state index in [2.05, 4.69) is 0 Å². The Labute approximate surface area is 140 Å². The highest BCUT2D eigenvalue weighted by Gasteiger charge is 2.15. The number of hydrogen-bond donors (Lipinski definition) is 2. The number of allylic oxidation sites excluding steroid dienone is 1. The van der Waals surface area contributed by atoms with Gasteiger partial charge < -0.3 is 10.2 Å². The fourth-order valence-electron chi connectivity index (χ4n) is 1.78. The molecule has 2 aromatic carbocycles. The Balaban J connectivity index is 2.29. The first-order valence-corrected chi connectivity index (χ1v) is 6.93. The molecule has 0 aromatic heterocycles. The molecule has 0 atom stereocenters. The second-order valence-electron chi connectivity index (χ2n) is 4.49. The van der Waals surface area contributed by atoms with Crippen molar-refractivity contribution in [3.8, 4) is 11.5 Å². The summed E-state index contributed by atoms with van der Waals surface area (Å²) in [6.45, 7) is 0. The van der Waals surface area contributed by atoms with E-state index in [1.807, 2.05) is 0 Å². The fraction of sp³-hybridized carbons (Fsp3) is 0. The third-order valence-electron chi connectivity index (χ3n) is 2.92. The van der Waals surface area contributed by atoms with Gasteiger partial charge in [-0.3, -0.25) is 14.9 Å².